The molecule has 0 N–H and O–H groups in total. The zero-order valence-electron chi connectivity index (χ0n) is 12.7. The fourth-order valence-corrected chi connectivity index (χ4v) is 3.88. The Balaban J connectivity index is 1.81. The van der Waals surface area contributed by atoms with Crippen LogP contribution in [0.25, 0.3) is 0 Å². The predicted molar refractivity (Wildman–Crippen MR) is 78.4 cm³/mol. The number of benzene rings is 1. The van der Waals surface area contributed by atoms with Gasteiger partial charge in [-0.15, -0.1) is 0 Å². The Bertz CT molecular complexity index is 441. The SMILES string of the molecule is CO[Si](CCCOc1ccc2c(c1)COCO2)(OC)OC. The zero-order chi connectivity index (χ0) is 15.1. The van der Waals surface area contributed by atoms with E-state index in [1.165, 1.54) is 0 Å². The molecule has 1 aliphatic heterocycles. The van der Waals surface area contributed by atoms with Gasteiger partial charge in [0.25, 0.3) is 0 Å². The molecule has 0 aliphatic carbocycles. The van der Waals surface area contributed by atoms with Crippen molar-refractivity contribution in [3.05, 3.63) is 23.8 Å². The summed E-state index contributed by atoms with van der Waals surface area (Å²) in [5, 5.41) is 0. The maximum absolute atomic E-state index is 5.75. The van der Waals surface area contributed by atoms with Crippen LogP contribution in [-0.2, 0) is 24.6 Å². The predicted octanol–water partition coefficient (Wildman–Crippen LogP) is 2.20. The van der Waals surface area contributed by atoms with Gasteiger partial charge in [0.05, 0.1) is 13.2 Å². The molecule has 0 saturated heterocycles. The summed E-state index contributed by atoms with van der Waals surface area (Å²) in [5.41, 5.74) is 1.01. The molecule has 0 saturated carbocycles. The number of rotatable bonds is 8. The smallest absolute Gasteiger partial charge is 0.494 e. The topological polar surface area (TPSA) is 55.4 Å². The highest BCUT2D eigenvalue weighted by atomic mass is 28.4. The largest absolute Gasteiger partial charge is 0.500 e. The molecule has 0 radical (unpaired) electrons. The second-order valence-electron chi connectivity index (χ2n) is 4.63. The molecule has 1 heterocycles. The van der Waals surface area contributed by atoms with E-state index in [1.54, 1.807) is 21.3 Å². The molecule has 0 aromatic heterocycles. The summed E-state index contributed by atoms with van der Waals surface area (Å²) in [6, 6.07) is 6.47. The molecule has 118 valence electrons. The van der Waals surface area contributed by atoms with Gasteiger partial charge in [-0.1, -0.05) is 0 Å². The minimum atomic E-state index is -2.50. The van der Waals surface area contributed by atoms with Crippen molar-refractivity contribution in [3.63, 3.8) is 0 Å². The lowest BCUT2D eigenvalue weighted by Crippen LogP contribution is -2.42. The Morgan fingerprint density at radius 2 is 1.90 bits per heavy atom. The van der Waals surface area contributed by atoms with Gasteiger partial charge in [0.2, 0.25) is 0 Å². The molecule has 0 spiro atoms. The molecule has 6 nitrogen and oxygen atoms in total. The van der Waals surface area contributed by atoms with Crippen LogP contribution in [0.5, 0.6) is 11.5 Å². The van der Waals surface area contributed by atoms with Crippen LogP contribution in [0.4, 0.5) is 0 Å². The normalized spacial score (nSPS) is 14.4. The number of fused-ring (bicyclic) bond motifs is 1. The molecular weight excluding hydrogens is 292 g/mol. The van der Waals surface area contributed by atoms with Crippen LogP contribution in [0.1, 0.15) is 12.0 Å². The Labute approximate surface area is 126 Å². The number of hydrogen-bond donors (Lipinski definition) is 0. The number of ether oxygens (including phenoxy) is 3. The van der Waals surface area contributed by atoms with Gasteiger partial charge in [-0.05, 0) is 24.6 Å². The zero-order valence-corrected chi connectivity index (χ0v) is 13.7. The molecule has 7 heteroatoms. The van der Waals surface area contributed by atoms with E-state index in [0.29, 0.717) is 26.1 Å². The van der Waals surface area contributed by atoms with Gasteiger partial charge in [-0.3, -0.25) is 0 Å². The van der Waals surface area contributed by atoms with Crippen molar-refractivity contribution >= 4 is 8.80 Å². The first-order chi connectivity index (χ1) is 10.2. The standard InChI is InChI=1S/C14H22O6Si/c1-15-21(16-2,17-3)8-4-7-19-13-5-6-14-12(9-13)10-18-11-20-14/h5-6,9H,4,7-8,10-11H2,1-3H3. The van der Waals surface area contributed by atoms with Gasteiger partial charge in [0.1, 0.15) is 11.5 Å². The quantitative estimate of drug-likeness (QED) is 0.541. The molecule has 0 atom stereocenters. The Kier molecular flexibility index (Phi) is 6.01. The highest BCUT2D eigenvalue weighted by Gasteiger charge is 2.36. The Hall–Kier alpha value is -1.12. The van der Waals surface area contributed by atoms with Gasteiger partial charge in [-0.25, -0.2) is 0 Å². The van der Waals surface area contributed by atoms with Crippen molar-refractivity contribution in [2.24, 2.45) is 0 Å². The molecule has 21 heavy (non-hydrogen) atoms. The van der Waals surface area contributed by atoms with Crippen molar-refractivity contribution < 1.29 is 27.5 Å². The molecule has 1 aliphatic rings. The monoisotopic (exact) mass is 314 g/mol. The van der Waals surface area contributed by atoms with Crippen LogP contribution in [-0.4, -0.2) is 43.5 Å². The first kappa shape index (κ1) is 16.3. The van der Waals surface area contributed by atoms with Crippen LogP contribution in [0.3, 0.4) is 0 Å². The van der Waals surface area contributed by atoms with Crippen molar-refractivity contribution in [1.29, 1.82) is 0 Å². The van der Waals surface area contributed by atoms with E-state index in [-0.39, 0.29) is 0 Å². The van der Waals surface area contributed by atoms with Gasteiger partial charge < -0.3 is 27.5 Å². The summed E-state index contributed by atoms with van der Waals surface area (Å²) in [5.74, 6) is 1.67. The lowest BCUT2D eigenvalue weighted by Gasteiger charge is -2.24. The maximum Gasteiger partial charge on any atom is 0.500 e. The molecule has 1 aromatic rings. The molecule has 0 bridgehead atoms. The molecule has 2 rings (SSSR count). The third-order valence-corrected chi connectivity index (χ3v) is 6.25. The van der Waals surface area contributed by atoms with Gasteiger partial charge >= 0.3 is 8.80 Å². The van der Waals surface area contributed by atoms with E-state index >= 15 is 0 Å². The summed E-state index contributed by atoms with van der Waals surface area (Å²) >= 11 is 0. The lowest BCUT2D eigenvalue weighted by atomic mass is 10.2. The van der Waals surface area contributed by atoms with E-state index in [2.05, 4.69) is 0 Å². The highest BCUT2D eigenvalue weighted by Crippen LogP contribution is 2.27. The fourth-order valence-electron chi connectivity index (χ4n) is 2.19. The van der Waals surface area contributed by atoms with Crippen LogP contribution in [0.15, 0.2) is 18.2 Å². The summed E-state index contributed by atoms with van der Waals surface area (Å²) in [7, 11) is 2.34. The molecule has 0 amide bonds. The average molecular weight is 314 g/mol. The van der Waals surface area contributed by atoms with Gasteiger partial charge in [0, 0.05) is 32.9 Å². The van der Waals surface area contributed by atoms with Crippen molar-refractivity contribution in [2.45, 2.75) is 19.1 Å². The summed E-state index contributed by atoms with van der Waals surface area (Å²) < 4.78 is 32.5. The summed E-state index contributed by atoms with van der Waals surface area (Å²) in [4.78, 5) is 0. The fraction of sp³-hybridized carbons (Fsp3) is 0.571. The van der Waals surface area contributed by atoms with Crippen molar-refractivity contribution in [2.75, 3.05) is 34.7 Å². The summed E-state index contributed by atoms with van der Waals surface area (Å²) in [6.45, 7) is 1.44. The Morgan fingerprint density at radius 1 is 1.14 bits per heavy atom. The first-order valence-electron chi connectivity index (χ1n) is 6.85. The minimum Gasteiger partial charge on any atom is -0.494 e. The third-order valence-electron chi connectivity index (χ3n) is 3.42. The first-order valence-corrected chi connectivity index (χ1v) is 8.78. The summed E-state index contributed by atoms with van der Waals surface area (Å²) in [6.07, 6.45) is 0.797. The minimum absolute atomic E-state index is 0.310. The van der Waals surface area contributed by atoms with E-state index in [1.807, 2.05) is 18.2 Å². The third kappa shape index (κ3) is 4.18. The van der Waals surface area contributed by atoms with Crippen LogP contribution < -0.4 is 9.47 Å². The Morgan fingerprint density at radius 3 is 2.62 bits per heavy atom. The van der Waals surface area contributed by atoms with Gasteiger partial charge in [0.15, 0.2) is 6.79 Å². The molecule has 0 unspecified atom stereocenters. The molecule has 1 aromatic carbocycles. The second kappa shape index (κ2) is 7.76. The van der Waals surface area contributed by atoms with Crippen LogP contribution >= 0.6 is 0 Å². The highest BCUT2D eigenvalue weighted by molar-refractivity contribution is 6.60. The lowest BCUT2D eigenvalue weighted by molar-refractivity contribution is -0.0165. The average Bonchev–Trinajstić information content (AvgIpc) is 2.55. The van der Waals surface area contributed by atoms with E-state index in [4.69, 9.17) is 27.5 Å². The van der Waals surface area contributed by atoms with Gasteiger partial charge in [-0.2, -0.15) is 0 Å². The van der Waals surface area contributed by atoms with Crippen molar-refractivity contribution in [3.8, 4) is 11.5 Å². The van der Waals surface area contributed by atoms with E-state index in [9.17, 15) is 0 Å². The second-order valence-corrected chi connectivity index (χ2v) is 7.72. The molecule has 0 fully saturated rings. The van der Waals surface area contributed by atoms with Crippen LogP contribution in [0.2, 0.25) is 6.04 Å². The van der Waals surface area contributed by atoms with Crippen LogP contribution in [0, 0.1) is 0 Å². The maximum atomic E-state index is 5.75. The number of hydrogen-bond acceptors (Lipinski definition) is 6. The van der Waals surface area contributed by atoms with Crippen molar-refractivity contribution in [1.82, 2.24) is 0 Å². The van der Waals surface area contributed by atoms with E-state index < -0.39 is 8.80 Å². The van der Waals surface area contributed by atoms with E-state index in [0.717, 1.165) is 23.5 Å². The molecular formula is C14H22O6Si.